The normalized spacial score (nSPS) is 12.3. The Balaban J connectivity index is 2.64. The van der Waals surface area contributed by atoms with E-state index in [-0.39, 0.29) is 16.4 Å². The molecule has 0 aliphatic heterocycles. The summed E-state index contributed by atoms with van der Waals surface area (Å²) in [5.41, 5.74) is -2.78. The maximum atomic E-state index is 13.2. The molecule has 0 saturated heterocycles. The van der Waals surface area contributed by atoms with E-state index in [1.165, 1.54) is 18.3 Å². The lowest BCUT2D eigenvalue weighted by Crippen LogP contribution is -2.25. The van der Waals surface area contributed by atoms with Gasteiger partial charge < -0.3 is 9.72 Å². The Morgan fingerprint density at radius 2 is 1.96 bits per heavy atom. The predicted octanol–water partition coefficient (Wildman–Crippen LogP) is 4.70. The molecule has 0 spiro atoms. The number of esters is 1. The van der Waals surface area contributed by atoms with Gasteiger partial charge in [0, 0.05) is 12.4 Å². The smallest absolute Gasteiger partial charge is 0.418 e. The molecular formula is C15H14ClF3N2O2. The van der Waals surface area contributed by atoms with Gasteiger partial charge in [0.1, 0.15) is 11.3 Å². The lowest BCUT2D eigenvalue weighted by molar-refractivity contribution is -0.138. The van der Waals surface area contributed by atoms with Crippen LogP contribution in [0.5, 0.6) is 0 Å². The average Bonchev–Trinajstić information content (AvgIpc) is 2.81. The van der Waals surface area contributed by atoms with Gasteiger partial charge in [0.15, 0.2) is 0 Å². The summed E-state index contributed by atoms with van der Waals surface area (Å²) in [6.45, 7) is 4.70. The van der Waals surface area contributed by atoms with Crippen LogP contribution in [-0.2, 0) is 10.9 Å². The Morgan fingerprint density at radius 1 is 1.30 bits per heavy atom. The lowest BCUT2D eigenvalue weighted by Gasteiger charge is -2.20. The molecule has 2 heterocycles. The number of aromatic amines is 1. The molecule has 0 saturated carbocycles. The van der Waals surface area contributed by atoms with E-state index in [0.29, 0.717) is 6.20 Å². The second kappa shape index (κ2) is 5.88. The highest BCUT2D eigenvalue weighted by atomic mass is 35.5. The standard InChI is InChI=1S/C15H14ClF3N2O2/c1-14(2,3)23-13(22)10-8(15(17,18)19)7-21-12(10)11-9(16)5-4-6-20-11/h4-7,21H,1-3H3. The molecule has 124 valence electrons. The zero-order valence-corrected chi connectivity index (χ0v) is 13.3. The monoisotopic (exact) mass is 346 g/mol. The molecule has 8 heteroatoms. The molecule has 1 N–H and O–H groups in total. The predicted molar refractivity (Wildman–Crippen MR) is 79.2 cm³/mol. The van der Waals surface area contributed by atoms with Gasteiger partial charge in [0.25, 0.3) is 0 Å². The highest BCUT2D eigenvalue weighted by Crippen LogP contribution is 2.38. The zero-order chi connectivity index (χ0) is 17.4. The fourth-order valence-corrected chi connectivity index (χ4v) is 2.16. The van der Waals surface area contributed by atoms with Crippen LogP contribution in [-0.4, -0.2) is 21.5 Å². The highest BCUT2D eigenvalue weighted by molar-refractivity contribution is 6.33. The van der Waals surface area contributed by atoms with E-state index < -0.39 is 28.9 Å². The van der Waals surface area contributed by atoms with E-state index in [2.05, 4.69) is 9.97 Å². The molecular weight excluding hydrogens is 333 g/mol. The number of H-pyrrole nitrogens is 1. The van der Waals surface area contributed by atoms with Crippen LogP contribution in [0.4, 0.5) is 13.2 Å². The molecule has 2 aromatic rings. The average molecular weight is 347 g/mol. The first-order chi connectivity index (χ1) is 10.5. The van der Waals surface area contributed by atoms with Crippen LogP contribution < -0.4 is 0 Å². The van der Waals surface area contributed by atoms with Crippen molar-refractivity contribution in [3.8, 4) is 11.4 Å². The highest BCUT2D eigenvalue weighted by Gasteiger charge is 2.40. The molecule has 0 atom stereocenters. The maximum absolute atomic E-state index is 13.2. The number of hydrogen-bond donors (Lipinski definition) is 1. The van der Waals surface area contributed by atoms with Crippen molar-refractivity contribution in [3.63, 3.8) is 0 Å². The number of pyridine rings is 1. The number of carbonyl (C=O) groups excluding carboxylic acids is 1. The minimum Gasteiger partial charge on any atom is -0.456 e. The van der Waals surface area contributed by atoms with Crippen molar-refractivity contribution in [2.45, 2.75) is 32.5 Å². The Hall–Kier alpha value is -2.02. The summed E-state index contributed by atoms with van der Waals surface area (Å²) in [6, 6.07) is 3.00. The third-order valence-electron chi connectivity index (χ3n) is 2.78. The molecule has 2 rings (SSSR count). The van der Waals surface area contributed by atoms with Gasteiger partial charge in [0.2, 0.25) is 0 Å². The van der Waals surface area contributed by atoms with Gasteiger partial charge in [-0.2, -0.15) is 13.2 Å². The fraction of sp³-hybridized carbons (Fsp3) is 0.333. The molecule has 0 fully saturated rings. The second-order valence-electron chi connectivity index (χ2n) is 5.79. The van der Waals surface area contributed by atoms with Crippen molar-refractivity contribution in [1.29, 1.82) is 0 Å². The van der Waals surface area contributed by atoms with Crippen LogP contribution in [0.3, 0.4) is 0 Å². The summed E-state index contributed by atoms with van der Waals surface area (Å²) in [5, 5.41) is 0.118. The first kappa shape index (κ1) is 17.3. The van der Waals surface area contributed by atoms with Crippen molar-refractivity contribution < 1.29 is 22.7 Å². The molecule has 4 nitrogen and oxygen atoms in total. The summed E-state index contributed by atoms with van der Waals surface area (Å²) in [5.74, 6) is -1.09. The first-order valence-corrected chi connectivity index (χ1v) is 7.01. The maximum Gasteiger partial charge on any atom is 0.418 e. The molecule has 0 bridgehead atoms. The van der Waals surface area contributed by atoms with Crippen LogP contribution >= 0.6 is 11.6 Å². The minimum atomic E-state index is -4.72. The SMILES string of the molecule is CC(C)(C)OC(=O)c1c(C(F)(F)F)c[nH]c1-c1ncccc1Cl. The second-order valence-corrected chi connectivity index (χ2v) is 6.19. The molecule has 0 aliphatic carbocycles. The number of alkyl halides is 3. The van der Waals surface area contributed by atoms with E-state index >= 15 is 0 Å². The number of hydrogen-bond acceptors (Lipinski definition) is 3. The Labute approximate surface area is 135 Å². The molecule has 23 heavy (non-hydrogen) atoms. The largest absolute Gasteiger partial charge is 0.456 e. The molecule has 0 aliphatic rings. The Bertz CT molecular complexity index is 733. The molecule has 0 aromatic carbocycles. The number of halogens is 4. The Kier molecular flexibility index (Phi) is 4.43. The van der Waals surface area contributed by atoms with Crippen LogP contribution in [0.2, 0.25) is 5.02 Å². The van der Waals surface area contributed by atoms with E-state index in [1.807, 2.05) is 0 Å². The van der Waals surface area contributed by atoms with Gasteiger partial charge in [-0.1, -0.05) is 11.6 Å². The van der Waals surface area contributed by atoms with Crippen LogP contribution in [0.25, 0.3) is 11.4 Å². The summed E-state index contributed by atoms with van der Waals surface area (Å²) in [6.07, 6.45) is -2.64. The number of carbonyl (C=O) groups is 1. The molecule has 0 radical (unpaired) electrons. The van der Waals surface area contributed by atoms with Crippen LogP contribution in [0.1, 0.15) is 36.7 Å². The summed E-state index contributed by atoms with van der Waals surface area (Å²) in [4.78, 5) is 18.7. The van der Waals surface area contributed by atoms with Gasteiger partial charge in [-0.05, 0) is 32.9 Å². The molecule has 0 unspecified atom stereocenters. The van der Waals surface area contributed by atoms with Crippen molar-refractivity contribution in [2.24, 2.45) is 0 Å². The van der Waals surface area contributed by atoms with Gasteiger partial charge in [-0.15, -0.1) is 0 Å². The van der Waals surface area contributed by atoms with E-state index in [4.69, 9.17) is 16.3 Å². The topological polar surface area (TPSA) is 55.0 Å². The molecule has 2 aromatic heterocycles. The van der Waals surface area contributed by atoms with Crippen molar-refractivity contribution in [3.05, 3.63) is 40.7 Å². The zero-order valence-electron chi connectivity index (χ0n) is 12.6. The van der Waals surface area contributed by atoms with Gasteiger partial charge in [-0.3, -0.25) is 4.98 Å². The Morgan fingerprint density at radius 3 is 2.48 bits per heavy atom. The minimum absolute atomic E-state index is 0.0468. The number of ether oxygens (including phenoxy) is 1. The number of aromatic nitrogens is 2. The number of nitrogens with one attached hydrogen (secondary N) is 1. The van der Waals surface area contributed by atoms with E-state index in [0.717, 1.165) is 0 Å². The van der Waals surface area contributed by atoms with Gasteiger partial charge in [0.05, 0.1) is 21.8 Å². The third-order valence-corrected chi connectivity index (χ3v) is 3.09. The van der Waals surface area contributed by atoms with E-state index in [9.17, 15) is 18.0 Å². The summed E-state index contributed by atoms with van der Waals surface area (Å²) in [7, 11) is 0. The van der Waals surface area contributed by atoms with E-state index in [1.54, 1.807) is 20.8 Å². The van der Waals surface area contributed by atoms with Crippen molar-refractivity contribution in [1.82, 2.24) is 9.97 Å². The lowest BCUT2D eigenvalue weighted by atomic mass is 10.1. The quantitative estimate of drug-likeness (QED) is 0.801. The van der Waals surface area contributed by atoms with Crippen molar-refractivity contribution >= 4 is 17.6 Å². The van der Waals surface area contributed by atoms with Crippen molar-refractivity contribution in [2.75, 3.05) is 0 Å². The van der Waals surface area contributed by atoms with Gasteiger partial charge in [-0.25, -0.2) is 4.79 Å². The number of rotatable bonds is 2. The van der Waals surface area contributed by atoms with Gasteiger partial charge >= 0.3 is 12.1 Å². The summed E-state index contributed by atoms with van der Waals surface area (Å²) >= 11 is 5.98. The fourth-order valence-electron chi connectivity index (χ4n) is 1.94. The first-order valence-electron chi connectivity index (χ1n) is 6.63. The summed E-state index contributed by atoms with van der Waals surface area (Å²) < 4.78 is 44.7. The van der Waals surface area contributed by atoms with Crippen LogP contribution in [0.15, 0.2) is 24.5 Å². The van der Waals surface area contributed by atoms with Crippen LogP contribution in [0, 0.1) is 0 Å². The third kappa shape index (κ3) is 3.85. The number of nitrogens with zero attached hydrogens (tertiary/aromatic N) is 1. The molecule has 0 amide bonds.